The molecule has 0 aromatic heterocycles. The largest absolute Gasteiger partial charge is 0.508 e. The monoisotopic (exact) mass is 456 g/mol. The van der Waals surface area contributed by atoms with Gasteiger partial charge in [0, 0.05) is 17.7 Å². The van der Waals surface area contributed by atoms with Gasteiger partial charge in [-0.1, -0.05) is 36.4 Å². The number of phenols is 2. The van der Waals surface area contributed by atoms with Crippen LogP contribution in [0, 0.1) is 11.8 Å². The number of likely N-dealkylation sites (tertiary alicyclic amines) is 1. The minimum atomic E-state index is -1.65. The van der Waals surface area contributed by atoms with E-state index in [1.54, 1.807) is 24.3 Å². The first-order chi connectivity index (χ1) is 15.3. The van der Waals surface area contributed by atoms with E-state index in [9.17, 15) is 29.7 Å². The Morgan fingerprint density at radius 2 is 1.84 bits per heavy atom. The van der Waals surface area contributed by atoms with E-state index < -0.39 is 41.2 Å². The first-order valence-corrected chi connectivity index (χ1v) is 11.6. The van der Waals surface area contributed by atoms with Crippen molar-refractivity contribution in [2.24, 2.45) is 11.8 Å². The fourth-order valence-corrected chi connectivity index (χ4v) is 5.37. The van der Waals surface area contributed by atoms with Crippen molar-refractivity contribution >= 4 is 29.5 Å². The number of fused-ring (bicyclic) bond motifs is 1. The van der Waals surface area contributed by atoms with Gasteiger partial charge in [0.05, 0.1) is 18.4 Å². The number of thioether (sulfide) groups is 1. The average molecular weight is 457 g/mol. The van der Waals surface area contributed by atoms with Crippen LogP contribution in [-0.2, 0) is 20.9 Å². The first-order valence-electron chi connectivity index (χ1n) is 10.2. The molecule has 8 nitrogen and oxygen atoms in total. The Labute approximate surface area is 189 Å². The van der Waals surface area contributed by atoms with Crippen LogP contribution in [0.25, 0.3) is 0 Å². The summed E-state index contributed by atoms with van der Waals surface area (Å²) in [5.41, 5.74) is -0.620. The van der Waals surface area contributed by atoms with Gasteiger partial charge in [-0.2, -0.15) is 11.8 Å². The maximum atomic E-state index is 13.5. The molecule has 2 aliphatic rings. The van der Waals surface area contributed by atoms with Crippen molar-refractivity contribution in [2.75, 3.05) is 12.0 Å². The summed E-state index contributed by atoms with van der Waals surface area (Å²) < 4.78 is 0. The number of nitrogens with one attached hydrogen (secondary N) is 1. The summed E-state index contributed by atoms with van der Waals surface area (Å²) in [4.78, 5) is 40.7. The molecular weight excluding hydrogens is 432 g/mol. The number of carbonyl (C=O) groups excluding carboxylic acids is 2. The maximum absolute atomic E-state index is 13.5. The van der Waals surface area contributed by atoms with Crippen molar-refractivity contribution in [1.29, 1.82) is 0 Å². The Kier molecular flexibility index (Phi) is 5.87. The van der Waals surface area contributed by atoms with Crippen LogP contribution in [0.2, 0.25) is 0 Å². The SMILES string of the molecule is CSCC[C@]1(C(=O)O)N[C@@H](c2ccc(O)cc2O)[C@H]2C(=O)N(Cc3ccccc3)C(=O)[C@@H]21. The number of carboxylic acids is 1. The molecular formula is C23H24N2O6S. The number of nitrogens with zero attached hydrogens (tertiary/aromatic N) is 1. The van der Waals surface area contributed by atoms with Gasteiger partial charge in [0.25, 0.3) is 0 Å². The fraction of sp³-hybridized carbons (Fsp3) is 0.348. The van der Waals surface area contributed by atoms with Gasteiger partial charge >= 0.3 is 5.97 Å². The molecule has 0 aliphatic carbocycles. The minimum absolute atomic E-state index is 0.0536. The van der Waals surface area contributed by atoms with Gasteiger partial charge in [-0.3, -0.25) is 24.6 Å². The molecule has 2 aromatic rings. The number of carboxylic acid groups (broad SMARTS) is 1. The lowest BCUT2D eigenvalue weighted by Gasteiger charge is -2.31. The van der Waals surface area contributed by atoms with E-state index in [0.29, 0.717) is 5.75 Å². The Balaban J connectivity index is 1.80. The molecule has 0 radical (unpaired) electrons. The van der Waals surface area contributed by atoms with Gasteiger partial charge in [-0.15, -0.1) is 0 Å². The van der Waals surface area contributed by atoms with E-state index in [2.05, 4.69) is 5.32 Å². The normalized spacial score (nSPS) is 27.0. The number of imide groups is 1. The Morgan fingerprint density at radius 3 is 2.47 bits per heavy atom. The van der Waals surface area contributed by atoms with Crippen molar-refractivity contribution in [3.8, 4) is 11.5 Å². The van der Waals surface area contributed by atoms with Gasteiger partial charge in [-0.05, 0) is 30.1 Å². The van der Waals surface area contributed by atoms with Crippen molar-refractivity contribution in [1.82, 2.24) is 10.2 Å². The number of hydrogen-bond donors (Lipinski definition) is 4. The Hall–Kier alpha value is -3.04. The van der Waals surface area contributed by atoms with Gasteiger partial charge < -0.3 is 15.3 Å². The summed E-state index contributed by atoms with van der Waals surface area (Å²) in [6.07, 6.45) is 1.98. The number of phenolic OH excluding ortho intramolecular Hbond substituents is 2. The summed E-state index contributed by atoms with van der Waals surface area (Å²) in [6.45, 7) is 0.0536. The topological polar surface area (TPSA) is 127 Å². The lowest BCUT2D eigenvalue weighted by atomic mass is 9.78. The summed E-state index contributed by atoms with van der Waals surface area (Å²) in [7, 11) is 0. The van der Waals surface area contributed by atoms with Crippen LogP contribution in [0.4, 0.5) is 0 Å². The molecule has 2 amide bonds. The second-order valence-corrected chi connectivity index (χ2v) is 9.12. The molecule has 168 valence electrons. The predicted octanol–water partition coefficient (Wildman–Crippen LogP) is 2.12. The van der Waals surface area contributed by atoms with E-state index in [4.69, 9.17) is 0 Å². The van der Waals surface area contributed by atoms with Crippen molar-refractivity contribution < 1.29 is 29.7 Å². The molecule has 2 heterocycles. The zero-order valence-corrected chi connectivity index (χ0v) is 18.2. The van der Waals surface area contributed by atoms with Crippen LogP contribution in [-0.4, -0.2) is 55.6 Å². The summed E-state index contributed by atoms with van der Waals surface area (Å²) >= 11 is 1.45. The van der Waals surface area contributed by atoms with Crippen LogP contribution < -0.4 is 5.32 Å². The highest BCUT2D eigenvalue weighted by molar-refractivity contribution is 7.98. The zero-order chi connectivity index (χ0) is 23.0. The fourth-order valence-electron chi connectivity index (χ4n) is 4.84. The molecule has 2 fully saturated rings. The molecule has 4 atom stereocenters. The molecule has 0 spiro atoms. The summed E-state index contributed by atoms with van der Waals surface area (Å²) in [5.74, 6) is -4.26. The quantitative estimate of drug-likeness (QED) is 0.467. The van der Waals surface area contributed by atoms with Crippen molar-refractivity contribution in [3.05, 3.63) is 59.7 Å². The molecule has 2 saturated heterocycles. The molecule has 4 rings (SSSR count). The van der Waals surface area contributed by atoms with Gasteiger partial charge in [0.1, 0.15) is 17.0 Å². The zero-order valence-electron chi connectivity index (χ0n) is 17.4. The van der Waals surface area contributed by atoms with E-state index in [-0.39, 0.29) is 30.0 Å². The van der Waals surface area contributed by atoms with E-state index >= 15 is 0 Å². The molecule has 2 aromatic carbocycles. The van der Waals surface area contributed by atoms with Crippen LogP contribution >= 0.6 is 11.8 Å². The maximum Gasteiger partial charge on any atom is 0.324 e. The van der Waals surface area contributed by atoms with Gasteiger partial charge in [0.15, 0.2) is 0 Å². The molecule has 0 bridgehead atoms. The molecule has 4 N–H and O–H groups in total. The van der Waals surface area contributed by atoms with E-state index in [1.165, 1.54) is 23.9 Å². The molecule has 32 heavy (non-hydrogen) atoms. The van der Waals surface area contributed by atoms with Gasteiger partial charge in [-0.25, -0.2) is 0 Å². The highest BCUT2D eigenvalue weighted by atomic mass is 32.2. The number of benzene rings is 2. The van der Waals surface area contributed by atoms with E-state index in [0.717, 1.165) is 16.5 Å². The van der Waals surface area contributed by atoms with Crippen LogP contribution in [0.5, 0.6) is 11.5 Å². The third-order valence-electron chi connectivity index (χ3n) is 6.36. The third-order valence-corrected chi connectivity index (χ3v) is 6.97. The first kappa shape index (κ1) is 22.2. The predicted molar refractivity (Wildman–Crippen MR) is 118 cm³/mol. The Morgan fingerprint density at radius 1 is 1.12 bits per heavy atom. The lowest BCUT2D eigenvalue weighted by Crippen LogP contribution is -2.56. The average Bonchev–Trinajstić information content (AvgIpc) is 3.23. The van der Waals surface area contributed by atoms with Gasteiger partial charge in [0.2, 0.25) is 11.8 Å². The second kappa shape index (κ2) is 8.48. The number of rotatable bonds is 7. The second-order valence-electron chi connectivity index (χ2n) is 8.14. The number of carbonyl (C=O) groups is 3. The molecule has 0 saturated carbocycles. The third kappa shape index (κ3) is 3.51. The summed E-state index contributed by atoms with van der Waals surface area (Å²) in [5, 5.41) is 33.4. The standard InChI is InChI=1S/C23H24N2O6S/c1-32-10-9-23(22(30)31)18-17(19(24-23)15-8-7-14(26)11-16(15)27)20(28)25(21(18)29)12-13-5-3-2-4-6-13/h2-8,11,17-19,24,26-27H,9-10,12H2,1H3,(H,30,31)/t17-,18+,19-,23-/m0/s1. The highest BCUT2D eigenvalue weighted by Gasteiger charge is 2.68. The highest BCUT2D eigenvalue weighted by Crippen LogP contribution is 2.52. The Bertz CT molecular complexity index is 1060. The number of hydrogen-bond acceptors (Lipinski definition) is 7. The number of aliphatic carboxylic acids is 1. The van der Waals surface area contributed by atoms with Crippen LogP contribution in [0.15, 0.2) is 48.5 Å². The number of amides is 2. The van der Waals surface area contributed by atoms with E-state index in [1.807, 2.05) is 12.3 Å². The lowest BCUT2D eigenvalue weighted by molar-refractivity contribution is -0.151. The van der Waals surface area contributed by atoms with Crippen molar-refractivity contribution in [3.63, 3.8) is 0 Å². The molecule has 2 aliphatic heterocycles. The van der Waals surface area contributed by atoms with Crippen LogP contribution in [0.1, 0.15) is 23.6 Å². The molecule has 0 unspecified atom stereocenters. The summed E-state index contributed by atoms with van der Waals surface area (Å²) in [6, 6.07) is 12.1. The molecule has 9 heteroatoms. The smallest absolute Gasteiger partial charge is 0.324 e. The van der Waals surface area contributed by atoms with Crippen molar-refractivity contribution in [2.45, 2.75) is 24.5 Å². The number of aromatic hydroxyl groups is 2. The minimum Gasteiger partial charge on any atom is -0.508 e. The van der Waals surface area contributed by atoms with Crippen LogP contribution in [0.3, 0.4) is 0 Å².